The summed E-state index contributed by atoms with van der Waals surface area (Å²) in [5.41, 5.74) is 0.882. The van der Waals surface area contributed by atoms with Crippen molar-refractivity contribution in [3.8, 4) is 0 Å². The minimum absolute atomic E-state index is 0.194. The molecule has 29 heavy (non-hydrogen) atoms. The van der Waals surface area contributed by atoms with Crippen molar-refractivity contribution in [1.82, 2.24) is 0 Å². The van der Waals surface area contributed by atoms with Crippen molar-refractivity contribution in [2.75, 3.05) is 18.5 Å². The maximum absolute atomic E-state index is 12.7. The molecule has 2 heterocycles. The summed E-state index contributed by atoms with van der Waals surface area (Å²) in [4.78, 5) is 38.5. The molecular formula is C21H23NO6S. The number of rotatable bonds is 7. The molecule has 2 aromatic rings. The van der Waals surface area contributed by atoms with Crippen molar-refractivity contribution in [2.24, 2.45) is 0 Å². The summed E-state index contributed by atoms with van der Waals surface area (Å²) in [7, 11) is 0. The molecule has 1 aliphatic rings. The molecular weight excluding hydrogens is 394 g/mol. The van der Waals surface area contributed by atoms with Gasteiger partial charge in [-0.1, -0.05) is 0 Å². The number of carbonyl (C=O) groups is 3. The number of amides is 1. The fourth-order valence-corrected chi connectivity index (χ4v) is 4.62. The lowest BCUT2D eigenvalue weighted by atomic mass is 9.85. The first-order valence-electron chi connectivity index (χ1n) is 9.57. The molecule has 0 aromatic carbocycles. The number of fused-ring (bicyclic) bond motifs is 1. The Hall–Kier alpha value is -2.87. The maximum Gasteiger partial charge on any atom is 0.341 e. The van der Waals surface area contributed by atoms with Gasteiger partial charge in [-0.25, -0.2) is 4.79 Å². The van der Waals surface area contributed by atoms with Gasteiger partial charge in [0.1, 0.15) is 10.8 Å². The van der Waals surface area contributed by atoms with Crippen LogP contribution < -0.4 is 5.32 Å². The van der Waals surface area contributed by atoms with Gasteiger partial charge in [0.25, 0.3) is 0 Å². The normalized spacial score (nSPS) is 15.7. The molecule has 0 spiro atoms. The van der Waals surface area contributed by atoms with Crippen molar-refractivity contribution in [1.29, 1.82) is 0 Å². The summed E-state index contributed by atoms with van der Waals surface area (Å²) >= 11 is 1.31. The first-order valence-corrected chi connectivity index (χ1v) is 10.4. The van der Waals surface area contributed by atoms with Crippen LogP contribution in [0.25, 0.3) is 6.08 Å². The molecule has 3 rings (SSSR count). The van der Waals surface area contributed by atoms with Crippen LogP contribution in [0.15, 0.2) is 28.9 Å². The van der Waals surface area contributed by atoms with Gasteiger partial charge in [-0.15, -0.1) is 11.3 Å². The predicted molar refractivity (Wildman–Crippen MR) is 109 cm³/mol. The van der Waals surface area contributed by atoms with E-state index < -0.39 is 17.8 Å². The molecule has 154 valence electrons. The highest BCUT2D eigenvalue weighted by atomic mass is 32.1. The number of anilines is 1. The van der Waals surface area contributed by atoms with Crippen molar-refractivity contribution < 1.29 is 28.3 Å². The molecule has 0 bridgehead atoms. The van der Waals surface area contributed by atoms with Gasteiger partial charge in [0.05, 0.1) is 31.0 Å². The highest BCUT2D eigenvalue weighted by Gasteiger charge is 2.36. The molecule has 0 saturated heterocycles. The van der Waals surface area contributed by atoms with Crippen molar-refractivity contribution >= 4 is 40.3 Å². The van der Waals surface area contributed by atoms with Crippen molar-refractivity contribution in [3.05, 3.63) is 46.2 Å². The van der Waals surface area contributed by atoms with E-state index in [0.717, 1.165) is 17.7 Å². The van der Waals surface area contributed by atoms with Gasteiger partial charge in [0, 0.05) is 11.0 Å². The molecule has 1 atom stereocenters. The van der Waals surface area contributed by atoms with Gasteiger partial charge in [0.2, 0.25) is 5.91 Å². The summed E-state index contributed by atoms with van der Waals surface area (Å²) in [5, 5.41) is 3.15. The number of aryl methyl sites for hydroxylation is 1. The third-order valence-corrected chi connectivity index (χ3v) is 5.68. The molecule has 0 saturated carbocycles. The van der Waals surface area contributed by atoms with Crippen LogP contribution in [0.2, 0.25) is 0 Å². The first kappa shape index (κ1) is 20.9. The monoisotopic (exact) mass is 417 g/mol. The van der Waals surface area contributed by atoms with Crippen LogP contribution in [0.5, 0.6) is 0 Å². The van der Waals surface area contributed by atoms with E-state index in [0.29, 0.717) is 22.7 Å². The van der Waals surface area contributed by atoms with Gasteiger partial charge in [-0.05, 0) is 56.9 Å². The Balaban J connectivity index is 1.93. The van der Waals surface area contributed by atoms with Crippen LogP contribution in [0.3, 0.4) is 0 Å². The Morgan fingerprint density at radius 2 is 2.07 bits per heavy atom. The predicted octanol–water partition coefficient (Wildman–Crippen LogP) is 4.15. The lowest BCUT2D eigenvalue weighted by Crippen LogP contribution is -2.23. The second kappa shape index (κ2) is 9.56. The van der Waals surface area contributed by atoms with Crippen LogP contribution in [0.4, 0.5) is 5.00 Å². The average Bonchev–Trinajstić information content (AvgIpc) is 3.33. The number of hydrogen-bond acceptors (Lipinski definition) is 7. The maximum atomic E-state index is 12.7. The highest BCUT2D eigenvalue weighted by molar-refractivity contribution is 7.17. The lowest BCUT2D eigenvalue weighted by Gasteiger charge is -2.22. The number of carbonyl (C=O) groups excluding carboxylic acids is 3. The van der Waals surface area contributed by atoms with E-state index in [-0.39, 0.29) is 24.7 Å². The Morgan fingerprint density at radius 1 is 1.28 bits per heavy atom. The summed E-state index contributed by atoms with van der Waals surface area (Å²) < 4.78 is 15.6. The quantitative estimate of drug-likeness (QED) is 0.537. The summed E-state index contributed by atoms with van der Waals surface area (Å²) in [6.45, 7) is 3.92. The van der Waals surface area contributed by atoms with E-state index in [1.807, 2.05) is 0 Å². The Morgan fingerprint density at radius 3 is 2.76 bits per heavy atom. The second-order valence-corrected chi connectivity index (χ2v) is 7.50. The van der Waals surface area contributed by atoms with Crippen LogP contribution in [-0.4, -0.2) is 31.1 Å². The zero-order valence-corrected chi connectivity index (χ0v) is 17.2. The van der Waals surface area contributed by atoms with E-state index >= 15 is 0 Å². The second-order valence-electron chi connectivity index (χ2n) is 6.40. The van der Waals surface area contributed by atoms with Crippen LogP contribution in [0, 0.1) is 0 Å². The molecule has 1 N–H and O–H groups in total. The third-order valence-electron chi connectivity index (χ3n) is 4.50. The first-order chi connectivity index (χ1) is 14.0. The Kier molecular flexibility index (Phi) is 6.87. The van der Waals surface area contributed by atoms with Gasteiger partial charge < -0.3 is 19.2 Å². The largest absolute Gasteiger partial charge is 0.466 e. The molecule has 1 amide bonds. The van der Waals surface area contributed by atoms with Crippen molar-refractivity contribution in [2.45, 2.75) is 39.0 Å². The smallest absolute Gasteiger partial charge is 0.341 e. The SMILES string of the molecule is CCOC(=O)c1c(NC(=O)/C=C/c2ccco2)sc2c1C(C(=O)OCC)CCC2. The van der Waals surface area contributed by atoms with E-state index in [2.05, 4.69) is 5.32 Å². The van der Waals surface area contributed by atoms with E-state index in [1.165, 1.54) is 29.8 Å². The van der Waals surface area contributed by atoms with Crippen molar-refractivity contribution in [3.63, 3.8) is 0 Å². The van der Waals surface area contributed by atoms with E-state index in [1.54, 1.807) is 26.0 Å². The molecule has 1 aliphatic carbocycles. The third kappa shape index (κ3) is 4.76. The number of furan rings is 1. The van der Waals surface area contributed by atoms with E-state index in [4.69, 9.17) is 13.9 Å². The summed E-state index contributed by atoms with van der Waals surface area (Å²) in [6, 6.07) is 3.45. The average molecular weight is 417 g/mol. The highest BCUT2D eigenvalue weighted by Crippen LogP contribution is 2.44. The fraction of sp³-hybridized carbons (Fsp3) is 0.381. The molecule has 0 aliphatic heterocycles. The number of ether oxygens (including phenoxy) is 2. The number of hydrogen-bond donors (Lipinski definition) is 1. The van der Waals surface area contributed by atoms with Gasteiger partial charge in [0.15, 0.2) is 0 Å². The Bertz CT molecular complexity index is 912. The molecule has 8 heteroatoms. The van der Waals surface area contributed by atoms with Crippen LogP contribution in [0.1, 0.15) is 59.2 Å². The van der Waals surface area contributed by atoms with E-state index in [9.17, 15) is 14.4 Å². The topological polar surface area (TPSA) is 94.8 Å². The fourth-order valence-electron chi connectivity index (χ4n) is 3.33. The lowest BCUT2D eigenvalue weighted by molar-refractivity contribution is -0.145. The zero-order chi connectivity index (χ0) is 20.8. The minimum atomic E-state index is -0.550. The molecule has 0 radical (unpaired) electrons. The van der Waals surface area contributed by atoms with Crippen LogP contribution in [-0.2, 0) is 25.5 Å². The standard InChI is InChI=1S/C21H23NO6S/c1-3-26-20(24)14-8-5-9-15-17(14)18(21(25)27-4-2)19(29-15)22-16(23)11-10-13-7-6-12-28-13/h6-7,10-12,14H,3-5,8-9H2,1-2H3,(H,22,23)/b11-10+. The van der Waals surface area contributed by atoms with Crippen LogP contribution >= 0.6 is 11.3 Å². The summed E-state index contributed by atoms with van der Waals surface area (Å²) in [6.07, 6.45) is 6.52. The molecule has 1 unspecified atom stereocenters. The minimum Gasteiger partial charge on any atom is -0.466 e. The van der Waals surface area contributed by atoms with Gasteiger partial charge >= 0.3 is 11.9 Å². The number of nitrogens with one attached hydrogen (secondary N) is 1. The molecule has 7 nitrogen and oxygen atoms in total. The zero-order valence-electron chi connectivity index (χ0n) is 16.4. The molecule has 0 fully saturated rings. The van der Waals surface area contributed by atoms with Gasteiger partial charge in [-0.2, -0.15) is 0 Å². The Labute approximate surface area is 172 Å². The van der Waals surface area contributed by atoms with Gasteiger partial charge in [-0.3, -0.25) is 9.59 Å². The number of esters is 2. The molecule has 2 aromatic heterocycles. The number of thiophene rings is 1. The summed E-state index contributed by atoms with van der Waals surface area (Å²) in [5.74, 6) is -1.30.